The van der Waals surface area contributed by atoms with E-state index in [0.29, 0.717) is 17.9 Å². The number of carboxylic acid groups (broad SMARTS) is 2. The first-order chi connectivity index (χ1) is 16.9. The topological polar surface area (TPSA) is 93.1 Å². The van der Waals surface area contributed by atoms with Gasteiger partial charge >= 0.3 is 11.9 Å². The Hall–Kier alpha value is -4.32. The minimum atomic E-state index is -1.53. The molecule has 1 aliphatic rings. The number of rotatable bonds is 9. The van der Waals surface area contributed by atoms with Gasteiger partial charge in [0.1, 0.15) is 24.7 Å². The minimum Gasteiger partial charge on any atom is -0.489 e. The number of aliphatic carboxylic acids is 2. The monoisotopic (exact) mass is 470 g/mol. The molecule has 0 aliphatic heterocycles. The van der Waals surface area contributed by atoms with Gasteiger partial charge in [-0.25, -0.2) is 4.79 Å². The maximum absolute atomic E-state index is 12.4. The molecule has 6 heteroatoms. The minimum absolute atomic E-state index is 0.0431. The van der Waals surface area contributed by atoms with Crippen LogP contribution in [0.1, 0.15) is 29.5 Å². The Morgan fingerprint density at radius 1 is 0.800 bits per heavy atom. The first-order valence-electron chi connectivity index (χ1n) is 11.2. The smallest absolute Gasteiger partial charge is 0.332 e. The van der Waals surface area contributed by atoms with Gasteiger partial charge in [0.2, 0.25) is 0 Å². The first kappa shape index (κ1) is 23.8. The molecule has 6 nitrogen and oxygen atoms in total. The van der Waals surface area contributed by atoms with E-state index in [0.717, 1.165) is 11.1 Å². The third kappa shape index (κ3) is 5.44. The molecule has 3 aromatic rings. The number of allylic oxidation sites excluding steroid dienone is 1. The van der Waals surface area contributed by atoms with E-state index >= 15 is 0 Å². The van der Waals surface area contributed by atoms with Crippen LogP contribution in [-0.4, -0.2) is 22.2 Å². The average Bonchev–Trinajstić information content (AvgIpc) is 2.87. The van der Waals surface area contributed by atoms with E-state index in [1.54, 1.807) is 24.3 Å². The maximum Gasteiger partial charge on any atom is 0.332 e. The van der Waals surface area contributed by atoms with E-state index in [1.165, 1.54) is 19.1 Å². The average molecular weight is 471 g/mol. The second-order valence-electron chi connectivity index (χ2n) is 8.59. The van der Waals surface area contributed by atoms with Crippen molar-refractivity contribution in [2.45, 2.75) is 26.1 Å². The number of ether oxygens (including phenoxy) is 2. The first-order valence-corrected chi connectivity index (χ1v) is 11.2. The SMILES string of the molecule is CC1(C(=O)O)C=C(OCc2ccccc2)C=C(C(=O)O)C1c1ccc(OCc2ccccc2)cc1. The Bertz CT molecular complexity index is 1250. The lowest BCUT2D eigenvalue weighted by molar-refractivity contribution is -0.146. The van der Waals surface area contributed by atoms with Gasteiger partial charge in [-0.1, -0.05) is 72.8 Å². The standard InChI is InChI=1S/C29H26O6/c1-29(28(32)33)17-24(35-19-21-10-6-3-7-11-21)16-25(27(30)31)26(29)22-12-14-23(15-13-22)34-18-20-8-4-2-5-9-20/h2-17,26H,18-19H2,1H3,(H,30,31)(H,32,33). The van der Waals surface area contributed by atoms with E-state index in [4.69, 9.17) is 9.47 Å². The quantitative estimate of drug-likeness (QED) is 0.425. The van der Waals surface area contributed by atoms with Crippen LogP contribution in [0.2, 0.25) is 0 Å². The third-order valence-electron chi connectivity index (χ3n) is 6.07. The van der Waals surface area contributed by atoms with Gasteiger partial charge in [0.05, 0.1) is 5.41 Å². The molecule has 2 unspecified atom stereocenters. The summed E-state index contributed by atoms with van der Waals surface area (Å²) in [5.41, 5.74) is 0.906. The number of carboxylic acids is 2. The molecule has 2 N–H and O–H groups in total. The van der Waals surface area contributed by atoms with Gasteiger partial charge in [0, 0.05) is 11.5 Å². The molecule has 0 saturated carbocycles. The van der Waals surface area contributed by atoms with Gasteiger partial charge < -0.3 is 19.7 Å². The van der Waals surface area contributed by atoms with Crippen molar-refractivity contribution in [2.24, 2.45) is 5.41 Å². The fourth-order valence-electron chi connectivity index (χ4n) is 4.20. The van der Waals surface area contributed by atoms with Crippen LogP contribution in [0.5, 0.6) is 5.75 Å². The van der Waals surface area contributed by atoms with Gasteiger partial charge in [0.15, 0.2) is 0 Å². The van der Waals surface area contributed by atoms with E-state index < -0.39 is 23.3 Å². The number of hydrogen-bond acceptors (Lipinski definition) is 4. The number of benzene rings is 3. The lowest BCUT2D eigenvalue weighted by Crippen LogP contribution is -2.37. The molecule has 0 spiro atoms. The van der Waals surface area contributed by atoms with Crippen LogP contribution < -0.4 is 4.74 Å². The fourth-order valence-corrected chi connectivity index (χ4v) is 4.20. The van der Waals surface area contributed by atoms with E-state index in [-0.39, 0.29) is 17.9 Å². The predicted molar refractivity (Wildman–Crippen MR) is 131 cm³/mol. The van der Waals surface area contributed by atoms with Gasteiger partial charge in [-0.3, -0.25) is 4.79 Å². The normalized spacial score (nSPS) is 19.3. The van der Waals surface area contributed by atoms with Gasteiger partial charge in [-0.05, 0) is 47.9 Å². The third-order valence-corrected chi connectivity index (χ3v) is 6.07. The predicted octanol–water partition coefficient (Wildman–Crippen LogP) is 5.57. The van der Waals surface area contributed by atoms with Crippen LogP contribution in [0, 0.1) is 5.41 Å². The molecule has 4 rings (SSSR count). The summed E-state index contributed by atoms with van der Waals surface area (Å²) in [6.45, 7) is 2.10. The lowest BCUT2D eigenvalue weighted by Gasteiger charge is -2.35. The van der Waals surface area contributed by atoms with Crippen LogP contribution in [0.3, 0.4) is 0 Å². The Labute approximate surface area is 203 Å². The molecule has 0 saturated heterocycles. The summed E-state index contributed by atoms with van der Waals surface area (Å²) in [6.07, 6.45) is 2.91. The molecule has 3 aromatic carbocycles. The number of carbonyl (C=O) groups is 2. The van der Waals surface area contributed by atoms with Crippen molar-refractivity contribution in [1.29, 1.82) is 0 Å². The van der Waals surface area contributed by atoms with E-state index in [9.17, 15) is 19.8 Å². The van der Waals surface area contributed by atoms with Gasteiger partial charge in [-0.15, -0.1) is 0 Å². The van der Waals surface area contributed by atoms with E-state index in [2.05, 4.69) is 0 Å². The van der Waals surface area contributed by atoms with Crippen molar-refractivity contribution >= 4 is 11.9 Å². The molecule has 2 atom stereocenters. The van der Waals surface area contributed by atoms with Crippen molar-refractivity contribution in [3.8, 4) is 5.75 Å². The van der Waals surface area contributed by atoms with Crippen LogP contribution in [-0.2, 0) is 27.5 Å². The Morgan fingerprint density at radius 2 is 1.34 bits per heavy atom. The molecular formula is C29H26O6. The highest BCUT2D eigenvalue weighted by Gasteiger charge is 2.47. The number of hydrogen-bond donors (Lipinski definition) is 2. The summed E-state index contributed by atoms with van der Waals surface area (Å²) in [5.74, 6) is -2.42. The van der Waals surface area contributed by atoms with E-state index in [1.807, 2.05) is 60.7 Å². The van der Waals surface area contributed by atoms with Crippen molar-refractivity contribution in [2.75, 3.05) is 0 Å². The Kier molecular flexibility index (Phi) is 7.01. The van der Waals surface area contributed by atoms with Crippen LogP contribution in [0.15, 0.2) is 108 Å². The van der Waals surface area contributed by atoms with Crippen LogP contribution in [0.25, 0.3) is 0 Å². The molecule has 178 valence electrons. The summed E-state index contributed by atoms with van der Waals surface area (Å²) < 4.78 is 11.6. The zero-order chi connectivity index (χ0) is 24.8. The second-order valence-corrected chi connectivity index (χ2v) is 8.59. The Balaban J connectivity index is 1.59. The van der Waals surface area contributed by atoms with Crippen molar-refractivity contribution < 1.29 is 29.3 Å². The molecule has 0 radical (unpaired) electrons. The summed E-state index contributed by atoms with van der Waals surface area (Å²) in [6, 6.07) is 26.0. The van der Waals surface area contributed by atoms with Gasteiger partial charge in [-0.2, -0.15) is 0 Å². The maximum atomic E-state index is 12.4. The molecule has 35 heavy (non-hydrogen) atoms. The van der Waals surface area contributed by atoms with Crippen molar-refractivity contribution in [3.63, 3.8) is 0 Å². The van der Waals surface area contributed by atoms with Crippen molar-refractivity contribution in [3.05, 3.63) is 125 Å². The second kappa shape index (κ2) is 10.3. The highest BCUT2D eigenvalue weighted by Crippen LogP contribution is 2.47. The largest absolute Gasteiger partial charge is 0.489 e. The molecule has 0 heterocycles. The molecule has 0 amide bonds. The van der Waals surface area contributed by atoms with Crippen molar-refractivity contribution in [1.82, 2.24) is 0 Å². The highest BCUT2D eigenvalue weighted by atomic mass is 16.5. The molecule has 0 aromatic heterocycles. The molecular weight excluding hydrogens is 444 g/mol. The Morgan fingerprint density at radius 3 is 1.86 bits per heavy atom. The highest BCUT2D eigenvalue weighted by molar-refractivity contribution is 5.93. The summed E-state index contributed by atoms with van der Waals surface area (Å²) in [7, 11) is 0. The summed E-state index contributed by atoms with van der Waals surface area (Å²) in [5, 5.41) is 20.1. The molecule has 1 aliphatic carbocycles. The molecule has 0 bridgehead atoms. The summed E-state index contributed by atoms with van der Waals surface area (Å²) >= 11 is 0. The summed E-state index contributed by atoms with van der Waals surface area (Å²) in [4.78, 5) is 24.7. The van der Waals surface area contributed by atoms with Crippen LogP contribution in [0.4, 0.5) is 0 Å². The van der Waals surface area contributed by atoms with Crippen LogP contribution >= 0.6 is 0 Å². The zero-order valence-electron chi connectivity index (χ0n) is 19.3. The zero-order valence-corrected chi connectivity index (χ0v) is 19.3. The lowest BCUT2D eigenvalue weighted by atomic mass is 9.67. The molecule has 0 fully saturated rings. The fraction of sp³-hybridized carbons (Fsp3) is 0.172. The van der Waals surface area contributed by atoms with Gasteiger partial charge in [0.25, 0.3) is 0 Å².